The number of halogens is 1. The predicted octanol–water partition coefficient (Wildman–Crippen LogP) is 3.08. The summed E-state index contributed by atoms with van der Waals surface area (Å²) in [5.41, 5.74) is 2.33. The average Bonchev–Trinajstić information content (AvgIpc) is 2.21. The van der Waals surface area contributed by atoms with Gasteiger partial charge in [0.2, 0.25) is 0 Å². The van der Waals surface area contributed by atoms with Crippen molar-refractivity contribution in [3.8, 4) is 0 Å². The lowest BCUT2D eigenvalue weighted by atomic mass is 9.95. The van der Waals surface area contributed by atoms with Crippen LogP contribution in [-0.2, 0) is 6.42 Å². The summed E-state index contributed by atoms with van der Waals surface area (Å²) >= 11 is 0. The molecule has 0 aliphatic carbocycles. The molecule has 1 atom stereocenters. The third-order valence-electron chi connectivity index (χ3n) is 2.78. The summed E-state index contributed by atoms with van der Waals surface area (Å²) in [6.07, 6.45) is 1.11. The first-order valence-electron chi connectivity index (χ1n) is 5.09. The molecule has 1 aliphatic rings. The number of aryl methyl sites for hydroxylation is 1. The second-order valence-corrected chi connectivity index (χ2v) is 4.43. The lowest BCUT2D eigenvalue weighted by molar-refractivity contribution is 0.183. The van der Waals surface area contributed by atoms with Gasteiger partial charge in [0.1, 0.15) is 5.67 Å². The lowest BCUT2D eigenvalue weighted by Gasteiger charge is -2.17. The second kappa shape index (κ2) is 3.26. The number of nitrogens with one attached hydrogen (secondary N) is 1. The monoisotopic (exact) mass is 193 g/mol. The highest BCUT2D eigenvalue weighted by Crippen LogP contribution is 2.30. The molecule has 0 radical (unpaired) electrons. The molecule has 1 heterocycles. The third kappa shape index (κ3) is 1.89. The molecule has 1 aromatic carbocycles. The van der Waals surface area contributed by atoms with E-state index < -0.39 is 5.67 Å². The van der Waals surface area contributed by atoms with Crippen molar-refractivity contribution in [2.75, 3.05) is 11.9 Å². The molecule has 14 heavy (non-hydrogen) atoms. The Bertz CT molecular complexity index is 344. The summed E-state index contributed by atoms with van der Waals surface area (Å²) in [7, 11) is 0. The van der Waals surface area contributed by atoms with E-state index in [0.717, 1.165) is 17.8 Å². The number of benzene rings is 1. The highest BCUT2D eigenvalue weighted by atomic mass is 19.1. The summed E-state index contributed by atoms with van der Waals surface area (Å²) in [6, 6.07) is 6.18. The van der Waals surface area contributed by atoms with Crippen molar-refractivity contribution in [3.63, 3.8) is 0 Å². The molecular weight excluding hydrogens is 177 g/mol. The van der Waals surface area contributed by atoms with Crippen LogP contribution in [0.3, 0.4) is 0 Å². The molecule has 0 bridgehead atoms. The minimum absolute atomic E-state index is 0.525. The van der Waals surface area contributed by atoms with Crippen molar-refractivity contribution in [2.24, 2.45) is 0 Å². The maximum Gasteiger partial charge on any atom is 0.114 e. The molecule has 76 valence electrons. The van der Waals surface area contributed by atoms with Crippen molar-refractivity contribution < 1.29 is 4.39 Å². The molecule has 1 aliphatic heterocycles. The van der Waals surface area contributed by atoms with Crippen LogP contribution in [0, 0.1) is 6.92 Å². The van der Waals surface area contributed by atoms with Gasteiger partial charge in [-0.05, 0) is 31.9 Å². The maximum atomic E-state index is 13.9. The van der Waals surface area contributed by atoms with Crippen LogP contribution in [0.25, 0.3) is 0 Å². The van der Waals surface area contributed by atoms with E-state index in [1.165, 1.54) is 5.56 Å². The van der Waals surface area contributed by atoms with Crippen molar-refractivity contribution >= 4 is 5.69 Å². The van der Waals surface area contributed by atoms with E-state index in [1.54, 1.807) is 6.92 Å². The van der Waals surface area contributed by atoms with Gasteiger partial charge >= 0.3 is 0 Å². The zero-order chi connectivity index (χ0) is 10.2. The Morgan fingerprint density at radius 3 is 3.00 bits per heavy atom. The Balaban J connectivity index is 2.38. The molecule has 0 fully saturated rings. The smallest absolute Gasteiger partial charge is 0.114 e. The van der Waals surface area contributed by atoms with Gasteiger partial charge < -0.3 is 5.32 Å². The van der Waals surface area contributed by atoms with Crippen molar-refractivity contribution in [2.45, 2.75) is 32.4 Å². The standard InChI is InChI=1S/C12H16FN/c1-9-3-4-11-10(7-9)8-12(2,13)5-6-14-11/h3-4,7,14H,5-6,8H2,1-2H3. The molecule has 0 amide bonds. The van der Waals surface area contributed by atoms with E-state index >= 15 is 0 Å². The number of alkyl halides is 1. The SMILES string of the molecule is Cc1ccc2c(c1)CC(C)(F)CCN2. The van der Waals surface area contributed by atoms with Crippen LogP contribution < -0.4 is 5.32 Å². The van der Waals surface area contributed by atoms with Crippen molar-refractivity contribution in [1.29, 1.82) is 0 Å². The quantitative estimate of drug-likeness (QED) is 0.667. The molecule has 0 aromatic heterocycles. The third-order valence-corrected chi connectivity index (χ3v) is 2.78. The Morgan fingerprint density at radius 2 is 2.21 bits per heavy atom. The van der Waals surface area contributed by atoms with Gasteiger partial charge in [-0.1, -0.05) is 17.7 Å². The predicted molar refractivity (Wildman–Crippen MR) is 57.5 cm³/mol. The van der Waals surface area contributed by atoms with E-state index in [9.17, 15) is 4.39 Å². The van der Waals surface area contributed by atoms with Gasteiger partial charge in [-0.25, -0.2) is 4.39 Å². The van der Waals surface area contributed by atoms with Gasteiger partial charge in [-0.2, -0.15) is 0 Å². The fourth-order valence-corrected chi connectivity index (χ4v) is 1.98. The van der Waals surface area contributed by atoms with Gasteiger partial charge in [0, 0.05) is 18.7 Å². The Hall–Kier alpha value is -1.05. The number of rotatable bonds is 0. The highest BCUT2D eigenvalue weighted by molar-refractivity contribution is 5.54. The Kier molecular flexibility index (Phi) is 2.22. The van der Waals surface area contributed by atoms with Gasteiger partial charge in [0.15, 0.2) is 0 Å². The van der Waals surface area contributed by atoms with Gasteiger partial charge in [-0.15, -0.1) is 0 Å². The Morgan fingerprint density at radius 1 is 1.43 bits per heavy atom. The van der Waals surface area contributed by atoms with Crippen molar-refractivity contribution in [1.82, 2.24) is 0 Å². The normalized spacial score (nSPS) is 26.2. The van der Waals surface area contributed by atoms with Crippen LogP contribution in [0.15, 0.2) is 18.2 Å². The molecule has 2 rings (SSSR count). The molecule has 1 nitrogen and oxygen atoms in total. The van der Waals surface area contributed by atoms with Crippen LogP contribution in [0.2, 0.25) is 0 Å². The first kappa shape index (κ1) is 9.50. The van der Waals surface area contributed by atoms with Crippen LogP contribution in [0.5, 0.6) is 0 Å². The second-order valence-electron chi connectivity index (χ2n) is 4.43. The summed E-state index contributed by atoms with van der Waals surface area (Å²) in [6.45, 7) is 4.45. The zero-order valence-electron chi connectivity index (χ0n) is 8.73. The summed E-state index contributed by atoms with van der Waals surface area (Å²) in [4.78, 5) is 0. The van der Waals surface area contributed by atoms with Crippen LogP contribution in [0.1, 0.15) is 24.5 Å². The minimum atomic E-state index is -1.06. The summed E-state index contributed by atoms with van der Waals surface area (Å²) in [5, 5.41) is 3.27. The van der Waals surface area contributed by atoms with Gasteiger partial charge in [-0.3, -0.25) is 0 Å². The van der Waals surface area contributed by atoms with E-state index in [1.807, 2.05) is 13.0 Å². The number of fused-ring (bicyclic) bond motifs is 1. The fraction of sp³-hybridized carbons (Fsp3) is 0.500. The lowest BCUT2D eigenvalue weighted by Crippen LogP contribution is -2.21. The summed E-state index contributed by atoms with van der Waals surface area (Å²) in [5.74, 6) is 0. The van der Waals surface area contributed by atoms with Crippen molar-refractivity contribution in [3.05, 3.63) is 29.3 Å². The van der Waals surface area contributed by atoms with E-state index in [-0.39, 0.29) is 0 Å². The highest BCUT2D eigenvalue weighted by Gasteiger charge is 2.27. The largest absolute Gasteiger partial charge is 0.385 e. The number of hydrogen-bond acceptors (Lipinski definition) is 1. The average molecular weight is 193 g/mol. The Labute approximate surface area is 84.3 Å². The topological polar surface area (TPSA) is 12.0 Å². The maximum absolute atomic E-state index is 13.9. The first-order chi connectivity index (χ1) is 6.57. The number of anilines is 1. The van der Waals surface area contributed by atoms with E-state index in [2.05, 4.69) is 17.4 Å². The molecule has 1 unspecified atom stereocenters. The minimum Gasteiger partial charge on any atom is -0.385 e. The summed E-state index contributed by atoms with van der Waals surface area (Å²) < 4.78 is 13.9. The number of hydrogen-bond donors (Lipinski definition) is 1. The van der Waals surface area contributed by atoms with E-state index in [4.69, 9.17) is 0 Å². The molecule has 0 spiro atoms. The first-order valence-corrected chi connectivity index (χ1v) is 5.09. The van der Waals surface area contributed by atoms with Crippen LogP contribution >= 0.6 is 0 Å². The molecule has 2 heteroatoms. The van der Waals surface area contributed by atoms with Crippen LogP contribution in [0.4, 0.5) is 10.1 Å². The molecule has 1 aromatic rings. The zero-order valence-corrected chi connectivity index (χ0v) is 8.73. The molecule has 0 saturated heterocycles. The fourth-order valence-electron chi connectivity index (χ4n) is 1.98. The van der Waals surface area contributed by atoms with E-state index in [0.29, 0.717) is 12.8 Å². The molecular formula is C12H16FN. The molecule has 0 saturated carbocycles. The molecule has 1 N–H and O–H groups in total. The van der Waals surface area contributed by atoms with Crippen LogP contribution in [-0.4, -0.2) is 12.2 Å². The van der Waals surface area contributed by atoms with Gasteiger partial charge in [0.25, 0.3) is 0 Å². The van der Waals surface area contributed by atoms with Gasteiger partial charge in [0.05, 0.1) is 0 Å².